The Bertz CT molecular complexity index is 914. The number of hydrogen-bond acceptors (Lipinski definition) is 5. The number of ether oxygens (including phenoxy) is 2. The van der Waals surface area contributed by atoms with Gasteiger partial charge in [-0.05, 0) is 65.5 Å². The molecule has 0 saturated carbocycles. The largest absolute Gasteiger partial charge is 0.459 e. The molecule has 1 unspecified atom stereocenters. The van der Waals surface area contributed by atoms with Crippen LogP contribution in [0.15, 0.2) is 60.7 Å². The normalized spacial score (nSPS) is 12.7. The predicted molar refractivity (Wildman–Crippen MR) is 132 cm³/mol. The van der Waals surface area contributed by atoms with Gasteiger partial charge in [-0.15, -0.1) is 0 Å². The van der Waals surface area contributed by atoms with Crippen LogP contribution in [0, 0.1) is 5.92 Å². The third-order valence-corrected chi connectivity index (χ3v) is 4.85. The molecular formula is C28H37NO5. The van der Waals surface area contributed by atoms with Gasteiger partial charge in [-0.25, -0.2) is 0 Å². The van der Waals surface area contributed by atoms with Crippen LogP contribution < -0.4 is 5.32 Å². The second-order valence-corrected chi connectivity index (χ2v) is 10.4. The van der Waals surface area contributed by atoms with Gasteiger partial charge in [0.15, 0.2) is 5.92 Å². The Morgan fingerprint density at radius 2 is 1.18 bits per heavy atom. The van der Waals surface area contributed by atoms with Gasteiger partial charge in [-0.3, -0.25) is 14.4 Å². The summed E-state index contributed by atoms with van der Waals surface area (Å²) < 4.78 is 11.1. The van der Waals surface area contributed by atoms with Crippen molar-refractivity contribution in [2.45, 2.75) is 78.0 Å². The molecule has 1 amide bonds. The second kappa shape index (κ2) is 11.8. The molecule has 0 heterocycles. The molecule has 0 aliphatic carbocycles. The summed E-state index contributed by atoms with van der Waals surface area (Å²) in [5.41, 5.74) is 0.318. The third kappa shape index (κ3) is 9.77. The number of esters is 2. The van der Waals surface area contributed by atoms with Crippen LogP contribution in [0.4, 0.5) is 0 Å². The Balaban J connectivity index is 2.31. The molecule has 6 nitrogen and oxygen atoms in total. The number of carbonyl (C=O) groups excluding carboxylic acids is 3. The zero-order valence-corrected chi connectivity index (χ0v) is 21.1. The topological polar surface area (TPSA) is 81.7 Å². The van der Waals surface area contributed by atoms with Gasteiger partial charge in [0, 0.05) is 6.42 Å². The van der Waals surface area contributed by atoms with Crippen molar-refractivity contribution in [3.05, 3.63) is 71.8 Å². The van der Waals surface area contributed by atoms with Crippen molar-refractivity contribution in [1.29, 1.82) is 0 Å². The highest BCUT2D eigenvalue weighted by molar-refractivity contribution is 5.97. The Labute approximate surface area is 203 Å². The fourth-order valence-electron chi connectivity index (χ4n) is 3.46. The van der Waals surface area contributed by atoms with E-state index < -0.39 is 35.1 Å². The highest BCUT2D eigenvalue weighted by Crippen LogP contribution is 2.22. The summed E-state index contributed by atoms with van der Waals surface area (Å²) in [6.07, 6.45) is 1.06. The maximum absolute atomic E-state index is 13.2. The number of aryl methyl sites for hydroxylation is 1. The molecule has 0 aliphatic rings. The van der Waals surface area contributed by atoms with Gasteiger partial charge >= 0.3 is 11.9 Å². The number of rotatable bonds is 9. The second-order valence-electron chi connectivity index (χ2n) is 10.4. The van der Waals surface area contributed by atoms with Crippen molar-refractivity contribution in [1.82, 2.24) is 5.32 Å². The molecule has 1 N–H and O–H groups in total. The van der Waals surface area contributed by atoms with Crippen molar-refractivity contribution in [3.63, 3.8) is 0 Å². The lowest BCUT2D eigenvalue weighted by Crippen LogP contribution is -2.51. The standard InChI is InChI=1S/C28H37NO5/c1-27(2,3)33-25(31)24(26(32)34-28(4,5)6)22(19-21-15-11-8-12-16-21)29-23(30)18-17-20-13-9-7-10-14-20/h7-16,22,24H,17-19H2,1-6H3,(H,29,30). The Kier molecular flexibility index (Phi) is 9.42. The van der Waals surface area contributed by atoms with Crippen molar-refractivity contribution in [2.24, 2.45) is 5.92 Å². The van der Waals surface area contributed by atoms with Gasteiger partial charge < -0.3 is 14.8 Å². The first-order chi connectivity index (χ1) is 15.8. The molecule has 0 bridgehead atoms. The third-order valence-electron chi connectivity index (χ3n) is 4.85. The summed E-state index contributed by atoms with van der Waals surface area (Å²) in [5, 5.41) is 2.93. The Morgan fingerprint density at radius 1 is 0.735 bits per heavy atom. The smallest absolute Gasteiger partial charge is 0.323 e. The van der Waals surface area contributed by atoms with Gasteiger partial charge in [0.1, 0.15) is 11.2 Å². The first kappa shape index (κ1) is 27.1. The van der Waals surface area contributed by atoms with Gasteiger partial charge in [-0.1, -0.05) is 60.7 Å². The first-order valence-corrected chi connectivity index (χ1v) is 11.7. The van der Waals surface area contributed by atoms with Gasteiger partial charge in [-0.2, -0.15) is 0 Å². The fourth-order valence-corrected chi connectivity index (χ4v) is 3.46. The molecule has 0 aliphatic heterocycles. The molecule has 184 valence electrons. The minimum absolute atomic E-state index is 0.227. The van der Waals surface area contributed by atoms with Gasteiger partial charge in [0.2, 0.25) is 5.91 Å². The molecular weight excluding hydrogens is 430 g/mol. The first-order valence-electron chi connectivity index (χ1n) is 11.7. The highest BCUT2D eigenvalue weighted by Gasteiger charge is 2.41. The molecule has 0 spiro atoms. The Morgan fingerprint density at radius 3 is 1.62 bits per heavy atom. The summed E-state index contributed by atoms with van der Waals surface area (Å²) in [7, 11) is 0. The minimum Gasteiger partial charge on any atom is -0.459 e. The van der Waals surface area contributed by atoms with Crippen LogP contribution in [0.25, 0.3) is 0 Å². The molecule has 0 fully saturated rings. The van der Waals surface area contributed by atoms with Crippen molar-refractivity contribution in [2.75, 3.05) is 0 Å². The minimum atomic E-state index is -1.31. The van der Waals surface area contributed by atoms with E-state index in [-0.39, 0.29) is 18.7 Å². The van der Waals surface area contributed by atoms with E-state index in [0.717, 1.165) is 11.1 Å². The summed E-state index contributed by atoms with van der Waals surface area (Å²) in [4.78, 5) is 39.3. The highest BCUT2D eigenvalue weighted by atomic mass is 16.6. The van der Waals surface area contributed by atoms with Crippen LogP contribution >= 0.6 is 0 Å². The number of hydrogen-bond donors (Lipinski definition) is 1. The van der Waals surface area contributed by atoms with E-state index in [1.165, 1.54) is 0 Å². The van der Waals surface area contributed by atoms with Gasteiger partial charge in [0.05, 0.1) is 6.04 Å². The SMILES string of the molecule is CC(C)(C)OC(=O)C(C(=O)OC(C)(C)C)C(Cc1ccccc1)NC(=O)CCc1ccccc1. The summed E-state index contributed by atoms with van der Waals surface area (Å²) in [6, 6.07) is 18.3. The lowest BCUT2D eigenvalue weighted by molar-refractivity contribution is -0.176. The number of carbonyl (C=O) groups is 3. The zero-order chi connectivity index (χ0) is 25.4. The lowest BCUT2D eigenvalue weighted by Gasteiger charge is -2.31. The average Bonchev–Trinajstić information content (AvgIpc) is 2.71. The molecule has 2 aromatic carbocycles. The van der Waals surface area contributed by atoms with E-state index in [4.69, 9.17) is 9.47 Å². The molecule has 0 saturated heterocycles. The van der Waals surface area contributed by atoms with E-state index >= 15 is 0 Å². The number of nitrogens with one attached hydrogen (secondary N) is 1. The van der Waals surface area contributed by atoms with E-state index in [0.29, 0.717) is 6.42 Å². The summed E-state index contributed by atoms with van der Waals surface area (Å²) in [5.74, 6) is -2.99. The molecule has 6 heteroatoms. The van der Waals surface area contributed by atoms with Gasteiger partial charge in [0.25, 0.3) is 0 Å². The van der Waals surface area contributed by atoms with Crippen molar-refractivity contribution in [3.8, 4) is 0 Å². The van der Waals surface area contributed by atoms with Crippen LogP contribution in [0.3, 0.4) is 0 Å². The zero-order valence-electron chi connectivity index (χ0n) is 21.1. The monoisotopic (exact) mass is 467 g/mol. The summed E-state index contributed by atoms with van der Waals surface area (Å²) in [6.45, 7) is 10.4. The van der Waals surface area contributed by atoms with E-state index in [9.17, 15) is 14.4 Å². The van der Waals surface area contributed by atoms with Crippen LogP contribution in [0.2, 0.25) is 0 Å². The average molecular weight is 468 g/mol. The predicted octanol–water partition coefficient (Wildman–Crippen LogP) is 4.65. The number of benzene rings is 2. The van der Waals surface area contributed by atoms with Crippen molar-refractivity contribution < 1.29 is 23.9 Å². The van der Waals surface area contributed by atoms with Crippen LogP contribution in [-0.4, -0.2) is 35.1 Å². The lowest BCUT2D eigenvalue weighted by atomic mass is 9.92. The van der Waals surface area contributed by atoms with Crippen LogP contribution in [0.5, 0.6) is 0 Å². The van der Waals surface area contributed by atoms with Crippen molar-refractivity contribution >= 4 is 17.8 Å². The molecule has 2 aromatic rings. The van der Waals surface area contributed by atoms with E-state index in [1.54, 1.807) is 41.5 Å². The fraction of sp³-hybridized carbons (Fsp3) is 0.464. The number of amides is 1. The molecule has 0 aromatic heterocycles. The quantitative estimate of drug-likeness (QED) is 0.429. The van der Waals surface area contributed by atoms with Crippen LogP contribution in [-0.2, 0) is 36.7 Å². The Hall–Kier alpha value is -3.15. The van der Waals surface area contributed by atoms with E-state index in [2.05, 4.69) is 5.32 Å². The summed E-state index contributed by atoms with van der Waals surface area (Å²) >= 11 is 0. The maximum atomic E-state index is 13.2. The van der Waals surface area contributed by atoms with Crippen LogP contribution in [0.1, 0.15) is 59.1 Å². The molecule has 0 radical (unpaired) electrons. The van der Waals surface area contributed by atoms with E-state index in [1.807, 2.05) is 60.7 Å². The molecule has 34 heavy (non-hydrogen) atoms. The molecule has 2 rings (SSSR count). The molecule has 1 atom stereocenters. The maximum Gasteiger partial charge on any atom is 0.323 e.